The Morgan fingerprint density at radius 1 is 0.414 bits per heavy atom. The van der Waals surface area contributed by atoms with E-state index in [1.54, 1.807) is 93.1 Å². The molecule has 2 aromatic carbocycles. The van der Waals surface area contributed by atoms with Crippen molar-refractivity contribution in [3.05, 3.63) is 225 Å². The molecule has 0 unspecified atom stereocenters. The first-order chi connectivity index (χ1) is 46.5. The van der Waals surface area contributed by atoms with E-state index in [1.807, 2.05) is 159 Å². The maximum absolute atomic E-state index is 11.5. The van der Waals surface area contributed by atoms with Gasteiger partial charge in [0.25, 0.3) is 5.91 Å². The van der Waals surface area contributed by atoms with Crippen molar-refractivity contribution >= 4 is 59.7 Å². The van der Waals surface area contributed by atoms with Crippen LogP contribution in [-0.2, 0) is 38.4 Å². The maximum atomic E-state index is 11.5. The maximum Gasteiger partial charge on any atom is 0.255 e. The van der Waals surface area contributed by atoms with E-state index in [1.165, 1.54) is 25.2 Å². The fourth-order valence-corrected chi connectivity index (χ4v) is 5.13. The number of nitrogens with one attached hydrogen (secondary N) is 9. The van der Waals surface area contributed by atoms with Crippen molar-refractivity contribution < 1.29 is 43.2 Å². The Labute approximate surface area is 598 Å². The minimum atomic E-state index is -0.178. The van der Waals surface area contributed by atoms with Crippen LogP contribution in [0.5, 0.6) is 0 Å². The van der Waals surface area contributed by atoms with Crippen molar-refractivity contribution in [2.75, 3.05) is 0 Å². The second-order valence-electron chi connectivity index (χ2n) is 24.5. The summed E-state index contributed by atoms with van der Waals surface area (Å²) in [4.78, 5) is 96.3. The first-order valence-corrected chi connectivity index (χ1v) is 33.7. The molecule has 0 heterocycles. The van der Waals surface area contributed by atoms with Crippen LogP contribution >= 0.6 is 0 Å². The molecule has 2 aromatic rings. The molecule has 0 radical (unpaired) electrons. The predicted octanol–water partition coefficient (Wildman–Crippen LogP) is 16.3. The average molecular weight is 1370 g/mol. The normalized spacial score (nSPS) is 10.9. The number of carbonyl (C=O) groups is 9. The van der Waals surface area contributed by atoms with Gasteiger partial charge in [-0.05, 0) is 141 Å². The number of benzene rings is 2. The van der Waals surface area contributed by atoms with Gasteiger partial charge in [0.05, 0.1) is 0 Å². The lowest BCUT2D eigenvalue weighted by Crippen LogP contribution is -2.18. The fourth-order valence-electron chi connectivity index (χ4n) is 5.13. The molecule has 0 aliphatic rings. The molecule has 18 nitrogen and oxygen atoms in total. The van der Waals surface area contributed by atoms with Crippen LogP contribution in [0.4, 0.5) is 0 Å². The zero-order valence-corrected chi connectivity index (χ0v) is 64.3. The van der Waals surface area contributed by atoms with E-state index < -0.39 is 0 Å². The third-order valence-corrected chi connectivity index (χ3v) is 10.1. The highest BCUT2D eigenvalue weighted by atomic mass is 16.2. The topological polar surface area (TPSA) is 262 Å². The van der Waals surface area contributed by atoms with Gasteiger partial charge in [0.15, 0.2) is 0 Å². The molecule has 2 rings (SSSR count). The zero-order chi connectivity index (χ0) is 77.4. The second-order valence-corrected chi connectivity index (χ2v) is 24.5. The van der Waals surface area contributed by atoms with Gasteiger partial charge in [-0.15, -0.1) is 0 Å². The molecular formula is C81H129N9O9. The largest absolute Gasteiger partial charge is 0.336 e. The summed E-state index contributed by atoms with van der Waals surface area (Å²) >= 11 is 0. The van der Waals surface area contributed by atoms with Gasteiger partial charge >= 0.3 is 0 Å². The lowest BCUT2D eigenvalue weighted by Gasteiger charge is -2.02. The van der Waals surface area contributed by atoms with Crippen LogP contribution in [0.3, 0.4) is 0 Å². The van der Waals surface area contributed by atoms with E-state index >= 15 is 0 Å². The molecule has 9 amide bonds. The summed E-state index contributed by atoms with van der Waals surface area (Å²) in [6.07, 6.45) is 41.8. The van der Waals surface area contributed by atoms with Gasteiger partial charge in [-0.1, -0.05) is 254 Å². The van der Waals surface area contributed by atoms with Gasteiger partial charge in [0.1, 0.15) is 0 Å². The van der Waals surface area contributed by atoms with Crippen molar-refractivity contribution in [1.29, 1.82) is 0 Å². The molecule has 0 saturated heterocycles. The summed E-state index contributed by atoms with van der Waals surface area (Å²) in [7, 11) is 0. The lowest BCUT2D eigenvalue weighted by atomic mass is 10.1. The van der Waals surface area contributed by atoms with Crippen LogP contribution in [-0.4, -0.2) is 53.7 Å². The number of hydrogen-bond acceptors (Lipinski definition) is 9. The van der Waals surface area contributed by atoms with E-state index in [-0.39, 0.29) is 47.3 Å². The number of rotatable bonds is 27. The smallest absolute Gasteiger partial charge is 0.255 e. The Kier molecular flexibility index (Phi) is 76.9. The fraction of sp³-hybridized carbons (Fsp3) is 0.420. The van der Waals surface area contributed by atoms with Crippen LogP contribution in [0.2, 0.25) is 0 Å². The van der Waals surface area contributed by atoms with Crippen LogP contribution < -0.4 is 47.9 Å². The molecule has 0 atom stereocenters. The number of allylic oxidation sites excluding steroid dienone is 10. The van der Waals surface area contributed by atoms with E-state index in [0.29, 0.717) is 83.6 Å². The minimum absolute atomic E-state index is 0.0214. The molecule has 0 bridgehead atoms. The van der Waals surface area contributed by atoms with Gasteiger partial charge in [0.2, 0.25) is 47.8 Å². The highest BCUT2D eigenvalue weighted by molar-refractivity contribution is 5.95. The molecule has 99 heavy (non-hydrogen) atoms. The molecule has 0 spiro atoms. The average Bonchev–Trinajstić information content (AvgIpc) is 1.09. The Balaban J connectivity index is -0.000000194. The minimum Gasteiger partial charge on any atom is -0.336 e. The first-order valence-electron chi connectivity index (χ1n) is 33.7. The number of carbonyl (C=O) groups excluding carboxylic acids is 9. The predicted molar refractivity (Wildman–Crippen MR) is 417 cm³/mol. The van der Waals surface area contributed by atoms with Crippen molar-refractivity contribution in [2.45, 2.75) is 172 Å². The molecule has 0 fully saturated rings. The molecule has 18 heteroatoms. The van der Waals surface area contributed by atoms with Crippen molar-refractivity contribution in [3.63, 3.8) is 0 Å². The van der Waals surface area contributed by atoms with E-state index in [9.17, 15) is 43.2 Å². The third kappa shape index (κ3) is 99.5. The van der Waals surface area contributed by atoms with E-state index in [4.69, 9.17) is 0 Å². The molecule has 552 valence electrons. The van der Waals surface area contributed by atoms with Crippen LogP contribution in [0, 0.1) is 53.3 Å². The van der Waals surface area contributed by atoms with Gasteiger partial charge in [-0.3, -0.25) is 43.2 Å². The van der Waals surface area contributed by atoms with Gasteiger partial charge in [0, 0.05) is 61.8 Å². The van der Waals surface area contributed by atoms with Crippen molar-refractivity contribution in [1.82, 2.24) is 47.9 Å². The first kappa shape index (κ1) is 103. The summed E-state index contributed by atoms with van der Waals surface area (Å²) in [6, 6.07) is 18.9. The molecule has 0 saturated carbocycles. The standard InChI is InChI=1S/C14H17NO.C12H15NO.C10H19NO.2C9H15NO.C8H15NO.C7H13NO.C6H11NO.C6H9NO/c1-12(2)10-11-15-14(16)9-8-13-6-4-3-5-7-13;1-10(2)8-9-13-12(14)11-6-4-3-5-7-11;1-8(2)5-6-11-10(12)7-9(3)4;1-7(2)5-6-10-9(11)8(3)4;1-4-5-9(11)10-7-6-8(2)3;1-4-8(10)9-6-5-7(2)3;1-6(2)4-5-8-7(3)9;1-6(2)3-4-7-5-8;1-3-5-7-6(8)4-2/h3-12H,1-2H3,(H,15,16);3-10H,1-2H3,(H,13,14);5-6,8-9H,7H2,1-4H3,(H,11,12);5-7H,3H2,1-2,4H3,(H,10,11);4-8H,1-3H3,(H,10,11);5-7H,4H2,1-3H3,(H,9,10);4-6H,1-3H3,(H,8,9);3-6H,1-2H3,(H,7,8);3-5H,2H2,1H3,(H,7,8)/b9-8+,11-10+;9-8+;2*6-5+;5-4+,7-6+;6-5+;5-4+;4-3+;5-3+. The quantitative estimate of drug-likeness (QED) is 0.0304. The van der Waals surface area contributed by atoms with E-state index in [2.05, 4.69) is 144 Å². The summed E-state index contributed by atoms with van der Waals surface area (Å²) in [6.45, 7) is 52.4. The van der Waals surface area contributed by atoms with Crippen LogP contribution in [0.1, 0.15) is 188 Å². The Bertz CT molecular complexity index is 2810. The highest BCUT2D eigenvalue weighted by Crippen LogP contribution is 2.03. The Morgan fingerprint density at radius 2 is 0.768 bits per heavy atom. The molecule has 0 aliphatic carbocycles. The van der Waals surface area contributed by atoms with Crippen molar-refractivity contribution in [2.24, 2.45) is 53.3 Å². The zero-order valence-electron chi connectivity index (χ0n) is 64.3. The number of amides is 9. The van der Waals surface area contributed by atoms with Crippen LogP contribution in [0.25, 0.3) is 6.08 Å². The molecular weight excluding hydrogens is 1240 g/mol. The molecule has 0 aromatic heterocycles. The Hall–Kier alpha value is -9.71. The SMILES string of the molecule is C/C=C/C(=O)N/C=C/C(C)C.C=C(C)C(=O)N/C=C/C(C)C.C=CC(=O)N/C=C/C.CC(=O)N/C=C/C(C)C.CC(C)/C=C/NC(=O)/C=C/c1ccccc1.CC(C)/C=C/NC(=O)CC(C)C.CC(C)/C=C/NC(=O)c1ccccc1.CC(C)/C=C/NC=O.CCC(=O)N/C=C/C(C)C. The molecule has 0 aliphatic heterocycles. The summed E-state index contributed by atoms with van der Waals surface area (Å²) in [5.74, 6) is 3.83. The summed E-state index contributed by atoms with van der Waals surface area (Å²) in [5.41, 5.74) is 2.23. The van der Waals surface area contributed by atoms with Crippen LogP contribution in [0.15, 0.2) is 214 Å². The van der Waals surface area contributed by atoms with Gasteiger partial charge < -0.3 is 47.9 Å². The van der Waals surface area contributed by atoms with Gasteiger partial charge in [-0.2, -0.15) is 0 Å². The number of hydrogen-bond donors (Lipinski definition) is 9. The second kappa shape index (κ2) is 74.1. The Morgan fingerprint density at radius 3 is 1.12 bits per heavy atom. The molecule has 9 N–H and O–H groups in total. The monoisotopic (exact) mass is 1370 g/mol. The van der Waals surface area contributed by atoms with Crippen molar-refractivity contribution in [3.8, 4) is 0 Å². The summed E-state index contributed by atoms with van der Waals surface area (Å²) < 4.78 is 0. The highest BCUT2D eigenvalue weighted by Gasteiger charge is 2.03. The van der Waals surface area contributed by atoms with E-state index in [0.717, 1.165) is 5.56 Å². The summed E-state index contributed by atoms with van der Waals surface area (Å²) in [5, 5.41) is 23.4. The lowest BCUT2D eigenvalue weighted by molar-refractivity contribution is -0.121. The third-order valence-electron chi connectivity index (χ3n) is 10.1. The van der Waals surface area contributed by atoms with Gasteiger partial charge in [-0.25, -0.2) is 0 Å².